The highest BCUT2D eigenvalue weighted by Gasteiger charge is 2.23. The van der Waals surface area contributed by atoms with Gasteiger partial charge in [-0.15, -0.1) is 0 Å². The van der Waals surface area contributed by atoms with Crippen LogP contribution in [-0.4, -0.2) is 34.5 Å². The summed E-state index contributed by atoms with van der Waals surface area (Å²) in [4.78, 5) is 39.2. The largest absolute Gasteiger partial charge is 0.478 e. The van der Waals surface area contributed by atoms with Gasteiger partial charge in [-0.25, -0.2) is 9.59 Å². The van der Waals surface area contributed by atoms with Crippen LogP contribution in [0.3, 0.4) is 0 Å². The van der Waals surface area contributed by atoms with Gasteiger partial charge in [-0.3, -0.25) is 4.79 Å². The number of aromatic nitrogens is 1. The number of esters is 1. The summed E-state index contributed by atoms with van der Waals surface area (Å²) in [6.45, 7) is 3.11. The fourth-order valence-corrected chi connectivity index (χ4v) is 3.79. The minimum absolute atomic E-state index is 0.0387. The number of aromatic amines is 1. The molecule has 3 N–H and O–H groups in total. The highest BCUT2D eigenvalue weighted by atomic mass is 35.5. The summed E-state index contributed by atoms with van der Waals surface area (Å²) in [5.41, 5.74) is 1.16. The number of carboxylic acid groups (broad SMARTS) is 1. The zero-order valence-corrected chi connectivity index (χ0v) is 18.1. The molecule has 0 radical (unpaired) electrons. The van der Waals surface area contributed by atoms with E-state index in [1.165, 1.54) is 19.1 Å². The van der Waals surface area contributed by atoms with Crippen molar-refractivity contribution in [3.05, 3.63) is 63.3 Å². The van der Waals surface area contributed by atoms with Crippen LogP contribution in [0.5, 0.6) is 0 Å². The first-order chi connectivity index (χ1) is 14.7. The zero-order valence-electron chi connectivity index (χ0n) is 16.6. The maximum atomic E-state index is 12.6. The van der Waals surface area contributed by atoms with Crippen LogP contribution >= 0.6 is 23.2 Å². The van der Waals surface area contributed by atoms with Crippen molar-refractivity contribution in [2.75, 3.05) is 11.9 Å². The Kier molecular flexibility index (Phi) is 6.68. The predicted molar refractivity (Wildman–Crippen MR) is 121 cm³/mol. The number of carbonyl (C=O) groups is 3. The minimum atomic E-state index is -1.26. The van der Waals surface area contributed by atoms with E-state index in [4.69, 9.17) is 27.9 Å². The maximum Gasteiger partial charge on any atom is 0.355 e. The van der Waals surface area contributed by atoms with Gasteiger partial charge in [-0.2, -0.15) is 0 Å². The lowest BCUT2D eigenvalue weighted by Crippen LogP contribution is -2.10. The molecule has 0 saturated carbocycles. The molecule has 3 aromatic rings. The standard InChI is InChI=1S/C22H18Cl2N2O5/c1-3-31-22(30)20-15(19-16(24)8-12(23)9-18(19)26-20)10-14(21(28)29)13-6-4-5-7-17(13)25-11(2)27/h4-10,26H,3H2,1-2H3,(H,25,27)(H,28,29)/b14-10-. The van der Waals surface area contributed by atoms with Crippen molar-refractivity contribution >= 4 is 69.3 Å². The smallest absolute Gasteiger partial charge is 0.355 e. The summed E-state index contributed by atoms with van der Waals surface area (Å²) < 4.78 is 5.11. The van der Waals surface area contributed by atoms with Gasteiger partial charge < -0.3 is 20.1 Å². The number of carbonyl (C=O) groups excluding carboxylic acids is 2. The first-order valence-corrected chi connectivity index (χ1v) is 9.98. The van der Waals surface area contributed by atoms with E-state index in [0.29, 0.717) is 21.6 Å². The van der Waals surface area contributed by atoms with E-state index in [1.54, 1.807) is 37.3 Å². The van der Waals surface area contributed by atoms with E-state index < -0.39 is 11.9 Å². The van der Waals surface area contributed by atoms with Crippen molar-refractivity contribution in [1.29, 1.82) is 0 Å². The van der Waals surface area contributed by atoms with Gasteiger partial charge in [0.15, 0.2) is 0 Å². The van der Waals surface area contributed by atoms with E-state index in [0.717, 1.165) is 0 Å². The van der Waals surface area contributed by atoms with Crippen LogP contribution in [0.1, 0.15) is 35.5 Å². The van der Waals surface area contributed by atoms with Gasteiger partial charge in [0.25, 0.3) is 0 Å². The number of halogens is 2. The number of H-pyrrole nitrogens is 1. The molecule has 0 spiro atoms. The average Bonchev–Trinajstić information content (AvgIpc) is 3.04. The molecule has 9 heteroatoms. The van der Waals surface area contributed by atoms with Gasteiger partial charge in [-0.1, -0.05) is 41.4 Å². The highest BCUT2D eigenvalue weighted by molar-refractivity contribution is 6.39. The van der Waals surface area contributed by atoms with Crippen LogP contribution in [0.15, 0.2) is 36.4 Å². The number of para-hydroxylation sites is 1. The third-order valence-corrected chi connectivity index (χ3v) is 4.90. The van der Waals surface area contributed by atoms with Gasteiger partial charge in [0, 0.05) is 39.7 Å². The van der Waals surface area contributed by atoms with Crippen LogP contribution in [0.25, 0.3) is 22.6 Å². The zero-order chi connectivity index (χ0) is 22.7. The predicted octanol–water partition coefficient (Wildman–Crippen LogP) is 5.24. The molecule has 0 unspecified atom stereocenters. The van der Waals surface area contributed by atoms with Crippen molar-refractivity contribution < 1.29 is 24.2 Å². The highest BCUT2D eigenvalue weighted by Crippen LogP contribution is 2.36. The summed E-state index contributed by atoms with van der Waals surface area (Å²) >= 11 is 12.5. The van der Waals surface area contributed by atoms with Crippen molar-refractivity contribution in [2.24, 2.45) is 0 Å². The van der Waals surface area contributed by atoms with E-state index in [1.807, 2.05) is 0 Å². The molecule has 160 valence electrons. The van der Waals surface area contributed by atoms with E-state index in [2.05, 4.69) is 10.3 Å². The Morgan fingerprint density at radius 3 is 2.55 bits per heavy atom. The molecule has 0 fully saturated rings. The molecule has 7 nitrogen and oxygen atoms in total. The number of carboxylic acids is 1. The Bertz CT molecular complexity index is 1230. The van der Waals surface area contributed by atoms with E-state index >= 15 is 0 Å². The van der Waals surface area contributed by atoms with Crippen molar-refractivity contribution in [3.63, 3.8) is 0 Å². The van der Waals surface area contributed by atoms with Crippen molar-refractivity contribution in [3.8, 4) is 0 Å². The topological polar surface area (TPSA) is 108 Å². The van der Waals surface area contributed by atoms with Crippen LogP contribution in [-0.2, 0) is 14.3 Å². The second-order valence-corrected chi connectivity index (χ2v) is 7.38. The average molecular weight is 461 g/mol. The first kappa shape index (κ1) is 22.4. The number of aliphatic carboxylic acids is 1. The lowest BCUT2D eigenvalue weighted by Gasteiger charge is -2.11. The molecule has 1 aromatic heterocycles. The normalized spacial score (nSPS) is 11.4. The van der Waals surface area contributed by atoms with Crippen LogP contribution in [0, 0.1) is 0 Å². The SMILES string of the molecule is CCOC(=O)c1[nH]c2cc(Cl)cc(Cl)c2c1/C=C(\C(=O)O)c1ccccc1NC(C)=O. The molecule has 1 heterocycles. The molecule has 0 aliphatic rings. The molecule has 2 aromatic carbocycles. The first-order valence-electron chi connectivity index (χ1n) is 9.22. The van der Waals surface area contributed by atoms with Crippen LogP contribution in [0.2, 0.25) is 10.0 Å². The third-order valence-electron chi connectivity index (χ3n) is 4.38. The summed E-state index contributed by atoms with van der Waals surface area (Å²) in [7, 11) is 0. The van der Waals surface area contributed by atoms with E-state index in [-0.39, 0.29) is 39.9 Å². The Morgan fingerprint density at radius 1 is 1.19 bits per heavy atom. The monoisotopic (exact) mass is 460 g/mol. The number of fused-ring (bicyclic) bond motifs is 1. The molecular formula is C22H18Cl2N2O5. The Balaban J connectivity index is 2.33. The lowest BCUT2D eigenvalue weighted by molar-refractivity contribution is -0.130. The molecule has 0 atom stereocenters. The van der Waals surface area contributed by atoms with Gasteiger partial charge in [-0.05, 0) is 31.2 Å². The molecule has 0 aliphatic heterocycles. The second-order valence-electron chi connectivity index (χ2n) is 6.53. The lowest BCUT2D eigenvalue weighted by atomic mass is 9.99. The number of hydrogen-bond donors (Lipinski definition) is 3. The fourth-order valence-electron chi connectivity index (χ4n) is 3.20. The third kappa shape index (κ3) is 4.73. The van der Waals surface area contributed by atoms with Crippen LogP contribution in [0.4, 0.5) is 5.69 Å². The molecule has 31 heavy (non-hydrogen) atoms. The fraction of sp³-hybridized carbons (Fsp3) is 0.136. The minimum Gasteiger partial charge on any atom is -0.478 e. The number of anilines is 1. The van der Waals surface area contributed by atoms with Crippen LogP contribution < -0.4 is 5.32 Å². The number of benzene rings is 2. The Morgan fingerprint density at radius 2 is 1.90 bits per heavy atom. The summed E-state index contributed by atoms with van der Waals surface area (Å²) in [6.07, 6.45) is 1.33. The Labute approximate surface area is 187 Å². The maximum absolute atomic E-state index is 12.6. The molecule has 3 rings (SSSR count). The number of ether oxygens (including phenoxy) is 1. The van der Waals surface area contributed by atoms with Crippen molar-refractivity contribution in [1.82, 2.24) is 4.98 Å². The number of amides is 1. The van der Waals surface area contributed by atoms with Gasteiger partial charge in [0.2, 0.25) is 5.91 Å². The van der Waals surface area contributed by atoms with Crippen molar-refractivity contribution in [2.45, 2.75) is 13.8 Å². The molecule has 0 saturated heterocycles. The number of hydrogen-bond acceptors (Lipinski definition) is 4. The number of nitrogens with one attached hydrogen (secondary N) is 2. The molecule has 1 amide bonds. The number of rotatable bonds is 6. The van der Waals surface area contributed by atoms with E-state index in [9.17, 15) is 19.5 Å². The van der Waals surface area contributed by atoms with Gasteiger partial charge >= 0.3 is 11.9 Å². The molecule has 0 bridgehead atoms. The second kappa shape index (κ2) is 9.24. The summed E-state index contributed by atoms with van der Waals surface area (Å²) in [6, 6.07) is 9.53. The summed E-state index contributed by atoms with van der Waals surface area (Å²) in [5, 5.41) is 13.6. The molecule has 0 aliphatic carbocycles. The quantitative estimate of drug-likeness (QED) is 0.344. The molecular weight excluding hydrogens is 443 g/mol. The summed E-state index contributed by atoms with van der Waals surface area (Å²) in [5.74, 6) is -2.28. The van der Waals surface area contributed by atoms with Gasteiger partial charge in [0.05, 0.1) is 17.2 Å². The Hall–Kier alpha value is -3.29. The van der Waals surface area contributed by atoms with Gasteiger partial charge in [0.1, 0.15) is 5.69 Å².